The van der Waals surface area contributed by atoms with Crippen LogP contribution in [0.5, 0.6) is 0 Å². The third kappa shape index (κ3) is 4.16. The molecule has 2 nitrogen and oxygen atoms in total. The molecule has 0 spiro atoms. The number of aliphatic hydroxyl groups excluding tert-OH is 1. The largest absolute Gasteiger partial charge is 0.393 e. The number of hydrogen-bond donors (Lipinski definition) is 2. The lowest BCUT2D eigenvalue weighted by molar-refractivity contribution is 0.108. The van der Waals surface area contributed by atoms with Crippen LogP contribution in [0.25, 0.3) is 11.1 Å². The summed E-state index contributed by atoms with van der Waals surface area (Å²) in [5.41, 5.74) is 2.61. The zero-order chi connectivity index (χ0) is 14.5. The summed E-state index contributed by atoms with van der Waals surface area (Å²) in [7, 11) is 0. The Morgan fingerprint density at radius 1 is 1.05 bits per heavy atom. The maximum absolute atomic E-state index is 9.52. The molecule has 1 saturated carbocycles. The fourth-order valence-electron chi connectivity index (χ4n) is 3.00. The molecule has 1 aliphatic rings. The molecule has 0 atom stereocenters. The highest BCUT2D eigenvalue weighted by atomic mass is 32.1. The minimum absolute atomic E-state index is 0.0491. The van der Waals surface area contributed by atoms with Crippen LogP contribution in [-0.2, 0) is 6.54 Å². The molecule has 0 saturated heterocycles. The molecule has 0 radical (unpaired) electrons. The van der Waals surface area contributed by atoms with Gasteiger partial charge in [-0.1, -0.05) is 30.3 Å². The summed E-state index contributed by atoms with van der Waals surface area (Å²) in [5, 5.41) is 15.3. The van der Waals surface area contributed by atoms with Crippen molar-refractivity contribution in [1.29, 1.82) is 0 Å². The van der Waals surface area contributed by atoms with Crippen LogP contribution < -0.4 is 5.32 Å². The lowest BCUT2D eigenvalue weighted by Crippen LogP contribution is -2.27. The third-order valence-corrected chi connectivity index (χ3v) is 5.25. The highest BCUT2D eigenvalue weighted by molar-refractivity contribution is 7.10. The van der Waals surface area contributed by atoms with Crippen LogP contribution in [-0.4, -0.2) is 17.8 Å². The molecule has 2 aromatic rings. The van der Waals surface area contributed by atoms with E-state index in [0.29, 0.717) is 0 Å². The second-order valence-corrected chi connectivity index (χ2v) is 6.97. The SMILES string of the molecule is OC1CCC(CNCc2cc(-c3ccccc3)cs2)CC1. The van der Waals surface area contributed by atoms with E-state index in [1.54, 1.807) is 0 Å². The first kappa shape index (κ1) is 14.8. The molecule has 0 aliphatic heterocycles. The minimum Gasteiger partial charge on any atom is -0.393 e. The summed E-state index contributed by atoms with van der Waals surface area (Å²) in [6.07, 6.45) is 4.22. The van der Waals surface area contributed by atoms with Gasteiger partial charge in [-0.15, -0.1) is 11.3 Å². The average molecular weight is 301 g/mol. The molecule has 1 aromatic carbocycles. The molecule has 0 bridgehead atoms. The van der Waals surface area contributed by atoms with Crippen molar-refractivity contribution in [2.75, 3.05) is 6.54 Å². The van der Waals surface area contributed by atoms with Gasteiger partial charge in [0.1, 0.15) is 0 Å². The molecule has 21 heavy (non-hydrogen) atoms. The molecule has 3 rings (SSSR count). The molecule has 0 unspecified atom stereocenters. The van der Waals surface area contributed by atoms with E-state index in [1.165, 1.54) is 16.0 Å². The van der Waals surface area contributed by atoms with Crippen LogP contribution in [0.15, 0.2) is 41.8 Å². The number of benzene rings is 1. The third-order valence-electron chi connectivity index (χ3n) is 4.31. The smallest absolute Gasteiger partial charge is 0.0540 e. The standard InChI is InChI=1S/C18H23NOS/c20-17-8-6-14(7-9-17)11-19-12-18-10-16(13-21-18)15-4-2-1-3-5-15/h1-5,10,13-14,17,19-20H,6-9,11-12H2. The number of hydrogen-bond acceptors (Lipinski definition) is 3. The van der Waals surface area contributed by atoms with Gasteiger partial charge < -0.3 is 10.4 Å². The normalized spacial score (nSPS) is 22.3. The van der Waals surface area contributed by atoms with Gasteiger partial charge >= 0.3 is 0 Å². The van der Waals surface area contributed by atoms with Gasteiger partial charge in [-0.3, -0.25) is 0 Å². The zero-order valence-electron chi connectivity index (χ0n) is 12.3. The number of rotatable bonds is 5. The van der Waals surface area contributed by atoms with E-state index < -0.39 is 0 Å². The van der Waals surface area contributed by atoms with Crippen molar-refractivity contribution in [3.8, 4) is 11.1 Å². The maximum Gasteiger partial charge on any atom is 0.0540 e. The van der Waals surface area contributed by atoms with Gasteiger partial charge in [0.15, 0.2) is 0 Å². The number of nitrogens with one attached hydrogen (secondary N) is 1. The average Bonchev–Trinajstić information content (AvgIpc) is 2.99. The summed E-state index contributed by atoms with van der Waals surface area (Å²) in [6, 6.07) is 12.8. The van der Waals surface area contributed by atoms with Crippen molar-refractivity contribution >= 4 is 11.3 Å². The van der Waals surface area contributed by atoms with Crippen molar-refractivity contribution in [3.05, 3.63) is 46.7 Å². The summed E-state index contributed by atoms with van der Waals surface area (Å²) in [4.78, 5) is 1.39. The lowest BCUT2D eigenvalue weighted by Gasteiger charge is -2.25. The Kier molecular flexibility index (Phi) is 5.07. The number of aliphatic hydroxyl groups is 1. The van der Waals surface area contributed by atoms with Crippen LogP contribution in [0.2, 0.25) is 0 Å². The monoisotopic (exact) mass is 301 g/mol. The van der Waals surface area contributed by atoms with Crippen LogP contribution in [0.4, 0.5) is 0 Å². The van der Waals surface area contributed by atoms with Crippen LogP contribution in [0, 0.1) is 5.92 Å². The second-order valence-electron chi connectivity index (χ2n) is 5.97. The molecule has 1 fully saturated rings. The second kappa shape index (κ2) is 7.21. The predicted octanol–water partition coefficient (Wildman–Crippen LogP) is 4.06. The van der Waals surface area contributed by atoms with Crippen molar-refractivity contribution in [2.45, 2.75) is 38.3 Å². The first-order valence-corrected chi connectivity index (χ1v) is 8.71. The topological polar surface area (TPSA) is 32.3 Å². The fourth-order valence-corrected chi connectivity index (χ4v) is 3.87. The molecule has 0 amide bonds. The van der Waals surface area contributed by atoms with Gasteiger partial charge in [0, 0.05) is 11.4 Å². The highest BCUT2D eigenvalue weighted by Gasteiger charge is 2.18. The Morgan fingerprint density at radius 2 is 1.81 bits per heavy atom. The van der Waals surface area contributed by atoms with Crippen LogP contribution in [0.1, 0.15) is 30.6 Å². The molecule has 3 heteroatoms. The Balaban J connectivity index is 1.47. The lowest BCUT2D eigenvalue weighted by atomic mass is 9.87. The van der Waals surface area contributed by atoms with E-state index in [9.17, 15) is 5.11 Å². The highest BCUT2D eigenvalue weighted by Crippen LogP contribution is 2.26. The first-order valence-electron chi connectivity index (χ1n) is 7.83. The molecular formula is C18H23NOS. The number of thiophene rings is 1. The summed E-state index contributed by atoms with van der Waals surface area (Å²) in [5.74, 6) is 0.738. The quantitative estimate of drug-likeness (QED) is 0.873. The molecule has 112 valence electrons. The van der Waals surface area contributed by atoms with Crippen molar-refractivity contribution in [1.82, 2.24) is 5.32 Å². The van der Waals surface area contributed by atoms with Gasteiger partial charge in [-0.05, 0) is 60.7 Å². The Hall–Kier alpha value is -1.16. The fraction of sp³-hybridized carbons (Fsp3) is 0.444. The summed E-state index contributed by atoms with van der Waals surface area (Å²) in [6.45, 7) is 2.03. The van der Waals surface area contributed by atoms with E-state index in [0.717, 1.165) is 44.7 Å². The van der Waals surface area contributed by atoms with E-state index in [1.807, 2.05) is 11.3 Å². The van der Waals surface area contributed by atoms with Gasteiger partial charge in [0.25, 0.3) is 0 Å². The van der Waals surface area contributed by atoms with E-state index in [4.69, 9.17) is 0 Å². The summed E-state index contributed by atoms with van der Waals surface area (Å²) < 4.78 is 0. The summed E-state index contributed by atoms with van der Waals surface area (Å²) >= 11 is 1.83. The minimum atomic E-state index is -0.0491. The van der Waals surface area contributed by atoms with E-state index >= 15 is 0 Å². The van der Waals surface area contributed by atoms with Gasteiger partial charge in [-0.25, -0.2) is 0 Å². The van der Waals surface area contributed by atoms with Gasteiger partial charge in [-0.2, -0.15) is 0 Å². The van der Waals surface area contributed by atoms with Gasteiger partial charge in [0.2, 0.25) is 0 Å². The molecule has 1 aliphatic carbocycles. The Bertz CT molecular complexity index is 543. The van der Waals surface area contributed by atoms with Crippen LogP contribution in [0.3, 0.4) is 0 Å². The maximum atomic E-state index is 9.52. The van der Waals surface area contributed by atoms with Crippen LogP contribution >= 0.6 is 11.3 Å². The zero-order valence-corrected chi connectivity index (χ0v) is 13.1. The Morgan fingerprint density at radius 3 is 2.57 bits per heavy atom. The van der Waals surface area contributed by atoms with Crippen molar-refractivity contribution in [3.63, 3.8) is 0 Å². The van der Waals surface area contributed by atoms with Gasteiger partial charge in [0.05, 0.1) is 6.10 Å². The molecular weight excluding hydrogens is 278 g/mol. The van der Waals surface area contributed by atoms with Crippen molar-refractivity contribution in [2.24, 2.45) is 5.92 Å². The molecule has 1 aromatic heterocycles. The first-order chi connectivity index (χ1) is 10.3. The van der Waals surface area contributed by atoms with E-state index in [2.05, 4.69) is 47.1 Å². The predicted molar refractivity (Wildman–Crippen MR) is 89.4 cm³/mol. The molecule has 1 heterocycles. The Labute approximate surface area is 130 Å². The molecule has 2 N–H and O–H groups in total. The van der Waals surface area contributed by atoms with E-state index in [-0.39, 0.29) is 6.10 Å². The van der Waals surface area contributed by atoms with Crippen molar-refractivity contribution < 1.29 is 5.11 Å².